The number of azide groups is 1. The van der Waals surface area contributed by atoms with E-state index in [1.165, 1.54) is 12.1 Å². The van der Waals surface area contributed by atoms with Crippen LogP contribution in [-0.2, 0) is 13.7 Å². The van der Waals surface area contributed by atoms with Crippen LogP contribution in [0.25, 0.3) is 10.4 Å². The zero-order chi connectivity index (χ0) is 13.0. The Kier molecular flexibility index (Phi) is 3.45. The number of hydrogen-bond donors (Lipinski definition) is 0. The topological polar surface area (TPSA) is 75.8 Å². The van der Waals surface area contributed by atoms with Gasteiger partial charge in [0.25, 0.3) is 0 Å². The molecule has 0 saturated carbocycles. The number of rotatable bonds is 4. The molecule has 0 bridgehead atoms. The fourth-order valence-corrected chi connectivity index (χ4v) is 1.43. The molecule has 2 rings (SSSR count). The van der Waals surface area contributed by atoms with Gasteiger partial charge in [0.1, 0.15) is 6.61 Å². The second-order valence-corrected chi connectivity index (χ2v) is 3.62. The second-order valence-electron chi connectivity index (χ2n) is 3.62. The highest BCUT2D eigenvalue weighted by Gasteiger charge is 2.05. The fourth-order valence-electron chi connectivity index (χ4n) is 1.43. The third-order valence-corrected chi connectivity index (χ3v) is 2.23. The lowest BCUT2D eigenvalue weighted by molar-refractivity contribution is 0.290. The molecule has 92 valence electrons. The minimum atomic E-state index is -0.566. The Labute approximate surface area is 102 Å². The van der Waals surface area contributed by atoms with Gasteiger partial charge in [0.15, 0.2) is 11.6 Å². The van der Waals surface area contributed by atoms with Crippen molar-refractivity contribution in [3.8, 4) is 5.75 Å². The average molecular weight is 247 g/mol. The van der Waals surface area contributed by atoms with Gasteiger partial charge in [-0.2, -0.15) is 5.10 Å². The third-order valence-electron chi connectivity index (χ3n) is 2.23. The minimum absolute atomic E-state index is 0.107. The number of aryl methyl sites for hydroxylation is 1. The SMILES string of the molecule is Cn1cc(COc2ccc(N=[N+]=[N-])cc2F)cn1. The number of aromatic nitrogens is 2. The predicted molar refractivity (Wildman–Crippen MR) is 62.7 cm³/mol. The van der Waals surface area contributed by atoms with Crippen LogP contribution in [0.4, 0.5) is 10.1 Å². The van der Waals surface area contributed by atoms with Crippen molar-refractivity contribution in [3.05, 3.63) is 52.4 Å². The molecule has 0 spiro atoms. The largest absolute Gasteiger partial charge is 0.486 e. The van der Waals surface area contributed by atoms with Crippen LogP contribution in [0.5, 0.6) is 5.75 Å². The molecule has 1 aromatic heterocycles. The van der Waals surface area contributed by atoms with Crippen molar-refractivity contribution in [1.29, 1.82) is 0 Å². The average Bonchev–Trinajstić information content (AvgIpc) is 2.74. The monoisotopic (exact) mass is 247 g/mol. The molecule has 0 aliphatic heterocycles. The zero-order valence-corrected chi connectivity index (χ0v) is 9.62. The van der Waals surface area contributed by atoms with E-state index in [1.54, 1.807) is 24.1 Å². The van der Waals surface area contributed by atoms with Gasteiger partial charge >= 0.3 is 0 Å². The highest BCUT2D eigenvalue weighted by atomic mass is 19.1. The summed E-state index contributed by atoms with van der Waals surface area (Å²) in [7, 11) is 1.79. The van der Waals surface area contributed by atoms with Crippen molar-refractivity contribution in [2.75, 3.05) is 0 Å². The summed E-state index contributed by atoms with van der Waals surface area (Å²) in [6.07, 6.45) is 3.43. The van der Waals surface area contributed by atoms with Gasteiger partial charge in [0.05, 0.1) is 6.20 Å². The molecule has 7 heteroatoms. The van der Waals surface area contributed by atoms with Crippen LogP contribution in [0.15, 0.2) is 35.7 Å². The lowest BCUT2D eigenvalue weighted by Gasteiger charge is -2.05. The minimum Gasteiger partial charge on any atom is -0.486 e. The molecule has 0 atom stereocenters. The Bertz CT molecular complexity index is 603. The molecule has 6 nitrogen and oxygen atoms in total. The van der Waals surface area contributed by atoms with Crippen LogP contribution in [-0.4, -0.2) is 9.78 Å². The fraction of sp³-hybridized carbons (Fsp3) is 0.182. The van der Waals surface area contributed by atoms with E-state index in [0.29, 0.717) is 0 Å². The van der Waals surface area contributed by atoms with Crippen LogP contribution in [0.1, 0.15) is 5.56 Å². The molecule has 1 heterocycles. The lowest BCUT2D eigenvalue weighted by atomic mass is 10.3. The highest BCUT2D eigenvalue weighted by Crippen LogP contribution is 2.23. The molecule has 0 aliphatic carbocycles. The Hall–Kier alpha value is -2.53. The van der Waals surface area contributed by atoms with Crippen LogP contribution in [0.2, 0.25) is 0 Å². The first-order valence-electron chi connectivity index (χ1n) is 5.14. The second kappa shape index (κ2) is 5.20. The van der Waals surface area contributed by atoms with Crippen molar-refractivity contribution in [2.24, 2.45) is 12.2 Å². The molecule has 0 aliphatic rings. The van der Waals surface area contributed by atoms with E-state index in [2.05, 4.69) is 15.1 Å². The van der Waals surface area contributed by atoms with Crippen molar-refractivity contribution in [2.45, 2.75) is 6.61 Å². The van der Waals surface area contributed by atoms with Gasteiger partial charge in [-0.25, -0.2) is 4.39 Å². The Morgan fingerprint density at radius 1 is 1.56 bits per heavy atom. The van der Waals surface area contributed by atoms with Crippen LogP contribution >= 0.6 is 0 Å². The van der Waals surface area contributed by atoms with E-state index in [0.717, 1.165) is 11.6 Å². The van der Waals surface area contributed by atoms with E-state index < -0.39 is 5.82 Å². The van der Waals surface area contributed by atoms with E-state index in [1.807, 2.05) is 0 Å². The van der Waals surface area contributed by atoms with Crippen molar-refractivity contribution in [1.82, 2.24) is 9.78 Å². The summed E-state index contributed by atoms with van der Waals surface area (Å²) in [5, 5.41) is 7.28. The van der Waals surface area contributed by atoms with Crippen molar-refractivity contribution < 1.29 is 9.13 Å². The molecule has 0 amide bonds. The summed E-state index contributed by atoms with van der Waals surface area (Å²) in [5.74, 6) is -0.459. The summed E-state index contributed by atoms with van der Waals surface area (Å²) >= 11 is 0. The maximum atomic E-state index is 13.6. The van der Waals surface area contributed by atoms with Gasteiger partial charge in [-0.3, -0.25) is 4.68 Å². The number of ether oxygens (including phenoxy) is 1. The molecule has 18 heavy (non-hydrogen) atoms. The molecule has 0 unspecified atom stereocenters. The van der Waals surface area contributed by atoms with Gasteiger partial charge in [-0.15, -0.1) is 0 Å². The van der Waals surface area contributed by atoms with Crippen LogP contribution in [0, 0.1) is 5.82 Å². The molecular weight excluding hydrogens is 237 g/mol. The molecule has 0 radical (unpaired) electrons. The first-order chi connectivity index (χ1) is 8.69. The smallest absolute Gasteiger partial charge is 0.165 e. The van der Waals surface area contributed by atoms with Gasteiger partial charge < -0.3 is 4.74 Å². The number of benzene rings is 1. The summed E-state index contributed by atoms with van der Waals surface area (Å²) in [6, 6.07) is 4.04. The predicted octanol–water partition coefficient (Wildman–Crippen LogP) is 3.08. The van der Waals surface area contributed by atoms with E-state index in [-0.39, 0.29) is 18.0 Å². The number of nitrogens with zero attached hydrogens (tertiary/aromatic N) is 5. The van der Waals surface area contributed by atoms with Crippen LogP contribution < -0.4 is 4.74 Å². The number of halogens is 1. The standard InChI is InChI=1S/C11H10FN5O/c1-17-6-8(5-14-17)7-18-11-3-2-9(15-16-13)4-10(11)12/h2-6H,7H2,1H3. The lowest BCUT2D eigenvalue weighted by Crippen LogP contribution is -1.96. The first-order valence-corrected chi connectivity index (χ1v) is 5.14. The van der Waals surface area contributed by atoms with Gasteiger partial charge in [-0.05, 0) is 23.7 Å². The first kappa shape index (κ1) is 11.9. The van der Waals surface area contributed by atoms with E-state index in [9.17, 15) is 4.39 Å². The molecule has 2 aromatic rings. The summed E-state index contributed by atoms with van der Waals surface area (Å²) in [4.78, 5) is 2.58. The Balaban J connectivity index is 2.07. The molecule has 0 saturated heterocycles. The van der Waals surface area contributed by atoms with E-state index >= 15 is 0 Å². The van der Waals surface area contributed by atoms with E-state index in [4.69, 9.17) is 10.3 Å². The normalized spacial score (nSPS) is 9.89. The quantitative estimate of drug-likeness (QED) is 0.473. The van der Waals surface area contributed by atoms with Crippen LogP contribution in [0.3, 0.4) is 0 Å². The third kappa shape index (κ3) is 2.78. The molecule has 1 aromatic carbocycles. The molecule has 0 fully saturated rings. The number of hydrogen-bond acceptors (Lipinski definition) is 3. The molecule has 0 N–H and O–H groups in total. The summed E-state index contributed by atoms with van der Waals surface area (Å²) < 4.78 is 20.5. The summed E-state index contributed by atoms with van der Waals surface area (Å²) in [6.45, 7) is 0.228. The highest BCUT2D eigenvalue weighted by molar-refractivity contribution is 5.42. The Morgan fingerprint density at radius 3 is 3.00 bits per heavy atom. The van der Waals surface area contributed by atoms with Gasteiger partial charge in [0.2, 0.25) is 0 Å². The maximum Gasteiger partial charge on any atom is 0.165 e. The summed E-state index contributed by atoms with van der Waals surface area (Å²) in [5.41, 5.74) is 9.28. The zero-order valence-electron chi connectivity index (χ0n) is 9.62. The Morgan fingerprint density at radius 2 is 2.39 bits per heavy atom. The van der Waals surface area contributed by atoms with Gasteiger partial charge in [-0.1, -0.05) is 5.11 Å². The maximum absolute atomic E-state index is 13.6. The van der Waals surface area contributed by atoms with Crippen molar-refractivity contribution in [3.63, 3.8) is 0 Å². The molecular formula is C11H10FN5O. The van der Waals surface area contributed by atoms with Gasteiger partial charge in [0, 0.05) is 29.4 Å². The van der Waals surface area contributed by atoms with Crippen molar-refractivity contribution >= 4 is 5.69 Å².